The Hall–Kier alpha value is -1.76. The minimum atomic E-state index is 0.981. The Bertz CT molecular complexity index is 529. The van der Waals surface area contributed by atoms with E-state index in [0.29, 0.717) is 0 Å². The molecular weight excluding hydrogens is 218 g/mol. The van der Waals surface area contributed by atoms with Gasteiger partial charge in [-0.25, -0.2) is 0 Å². The zero-order valence-corrected chi connectivity index (χ0v) is 11.5. The highest BCUT2D eigenvalue weighted by atomic mass is 14.9. The number of aryl methyl sites for hydroxylation is 3. The first-order valence-electron chi connectivity index (χ1n) is 6.52. The van der Waals surface area contributed by atoms with Crippen LogP contribution in [0.3, 0.4) is 0 Å². The Balaban J connectivity index is 1.96. The Morgan fingerprint density at radius 3 is 2.44 bits per heavy atom. The average molecular weight is 239 g/mol. The summed E-state index contributed by atoms with van der Waals surface area (Å²) in [6.07, 6.45) is 1.07. The summed E-state index contributed by atoms with van der Waals surface area (Å²) in [7, 11) is 0. The summed E-state index contributed by atoms with van der Waals surface area (Å²) >= 11 is 0. The van der Waals surface area contributed by atoms with Gasteiger partial charge in [-0.15, -0.1) is 0 Å². The van der Waals surface area contributed by atoms with Crippen LogP contribution in [0.25, 0.3) is 0 Å². The van der Waals surface area contributed by atoms with Gasteiger partial charge in [0.1, 0.15) is 0 Å². The second-order valence-electron chi connectivity index (χ2n) is 4.92. The Labute approximate surface area is 110 Å². The van der Waals surface area contributed by atoms with E-state index in [2.05, 4.69) is 68.6 Å². The van der Waals surface area contributed by atoms with Crippen molar-refractivity contribution < 1.29 is 0 Å². The smallest absolute Gasteiger partial charge is 0.0372 e. The molecule has 0 heterocycles. The molecule has 0 fully saturated rings. The first-order chi connectivity index (χ1) is 8.66. The fourth-order valence-corrected chi connectivity index (χ4v) is 2.15. The predicted octanol–water partition coefficient (Wildman–Crippen LogP) is 4.27. The van der Waals surface area contributed by atoms with Crippen molar-refractivity contribution in [1.29, 1.82) is 0 Å². The van der Waals surface area contributed by atoms with Gasteiger partial charge in [-0.1, -0.05) is 36.4 Å². The van der Waals surface area contributed by atoms with E-state index < -0.39 is 0 Å². The van der Waals surface area contributed by atoms with E-state index in [9.17, 15) is 0 Å². The van der Waals surface area contributed by atoms with Gasteiger partial charge < -0.3 is 5.32 Å². The van der Waals surface area contributed by atoms with Crippen LogP contribution in [0.2, 0.25) is 0 Å². The number of hydrogen-bond donors (Lipinski definition) is 1. The van der Waals surface area contributed by atoms with E-state index in [0.717, 1.165) is 13.0 Å². The number of hydrogen-bond acceptors (Lipinski definition) is 1. The van der Waals surface area contributed by atoms with Crippen molar-refractivity contribution in [3.05, 3.63) is 64.7 Å². The van der Waals surface area contributed by atoms with E-state index in [4.69, 9.17) is 0 Å². The minimum absolute atomic E-state index is 0.981. The molecule has 0 unspecified atom stereocenters. The standard InChI is InChI=1S/C17H21N/c1-13-8-9-15(3)17(12-13)18-11-10-16-7-5-4-6-14(16)2/h4-9,12,18H,10-11H2,1-3H3. The molecule has 0 saturated carbocycles. The van der Waals surface area contributed by atoms with Crippen molar-refractivity contribution in [2.24, 2.45) is 0 Å². The van der Waals surface area contributed by atoms with Gasteiger partial charge in [0.25, 0.3) is 0 Å². The van der Waals surface area contributed by atoms with Crippen molar-refractivity contribution in [1.82, 2.24) is 0 Å². The third-order valence-corrected chi connectivity index (χ3v) is 3.36. The number of benzene rings is 2. The van der Waals surface area contributed by atoms with Gasteiger partial charge in [0.2, 0.25) is 0 Å². The molecule has 0 radical (unpaired) electrons. The lowest BCUT2D eigenvalue weighted by Gasteiger charge is -2.11. The highest BCUT2D eigenvalue weighted by molar-refractivity contribution is 5.52. The van der Waals surface area contributed by atoms with Crippen LogP contribution in [0.5, 0.6) is 0 Å². The topological polar surface area (TPSA) is 12.0 Å². The molecule has 1 heteroatoms. The van der Waals surface area contributed by atoms with Gasteiger partial charge in [-0.3, -0.25) is 0 Å². The zero-order valence-electron chi connectivity index (χ0n) is 11.5. The molecule has 18 heavy (non-hydrogen) atoms. The predicted molar refractivity (Wildman–Crippen MR) is 79.3 cm³/mol. The maximum Gasteiger partial charge on any atom is 0.0372 e. The SMILES string of the molecule is Cc1ccc(C)c(NCCc2ccccc2C)c1. The Kier molecular flexibility index (Phi) is 4.03. The zero-order chi connectivity index (χ0) is 13.0. The number of nitrogens with one attached hydrogen (secondary N) is 1. The molecular formula is C17H21N. The monoisotopic (exact) mass is 239 g/mol. The van der Waals surface area contributed by atoms with E-state index in [1.807, 2.05) is 0 Å². The van der Waals surface area contributed by atoms with Gasteiger partial charge in [-0.05, 0) is 55.5 Å². The molecule has 0 spiro atoms. The molecule has 1 nitrogen and oxygen atoms in total. The second-order valence-corrected chi connectivity index (χ2v) is 4.92. The summed E-state index contributed by atoms with van der Waals surface area (Å²) in [5.41, 5.74) is 6.67. The third-order valence-electron chi connectivity index (χ3n) is 3.36. The van der Waals surface area contributed by atoms with Crippen LogP contribution in [-0.4, -0.2) is 6.54 Å². The molecule has 2 rings (SSSR count). The van der Waals surface area contributed by atoms with Crippen molar-refractivity contribution in [3.63, 3.8) is 0 Å². The Morgan fingerprint density at radius 2 is 1.67 bits per heavy atom. The lowest BCUT2D eigenvalue weighted by atomic mass is 10.1. The summed E-state index contributed by atoms with van der Waals surface area (Å²) in [4.78, 5) is 0. The maximum absolute atomic E-state index is 3.53. The van der Waals surface area contributed by atoms with Gasteiger partial charge in [0, 0.05) is 12.2 Å². The molecule has 2 aromatic rings. The van der Waals surface area contributed by atoms with Crippen LogP contribution in [0.1, 0.15) is 22.3 Å². The third kappa shape index (κ3) is 3.13. The molecule has 0 aliphatic rings. The summed E-state index contributed by atoms with van der Waals surface area (Å²) < 4.78 is 0. The lowest BCUT2D eigenvalue weighted by molar-refractivity contribution is 1.00. The Morgan fingerprint density at radius 1 is 0.889 bits per heavy atom. The summed E-state index contributed by atoms with van der Waals surface area (Å²) in [6, 6.07) is 15.1. The molecule has 0 bridgehead atoms. The largest absolute Gasteiger partial charge is 0.384 e. The fourth-order valence-electron chi connectivity index (χ4n) is 2.15. The second kappa shape index (κ2) is 5.72. The first-order valence-corrected chi connectivity index (χ1v) is 6.52. The maximum atomic E-state index is 3.53. The molecule has 0 saturated heterocycles. The van der Waals surface area contributed by atoms with Crippen molar-refractivity contribution in [2.45, 2.75) is 27.2 Å². The average Bonchev–Trinajstić information content (AvgIpc) is 2.36. The molecule has 0 amide bonds. The molecule has 94 valence electrons. The summed E-state index contributed by atoms with van der Waals surface area (Å²) in [6.45, 7) is 7.43. The molecule has 2 aromatic carbocycles. The van der Waals surface area contributed by atoms with E-state index in [-0.39, 0.29) is 0 Å². The number of anilines is 1. The fraction of sp³-hybridized carbons (Fsp3) is 0.294. The van der Waals surface area contributed by atoms with Crippen LogP contribution < -0.4 is 5.32 Å². The summed E-state index contributed by atoms with van der Waals surface area (Å²) in [5.74, 6) is 0. The summed E-state index contributed by atoms with van der Waals surface area (Å²) in [5, 5.41) is 3.53. The lowest BCUT2D eigenvalue weighted by Crippen LogP contribution is -2.07. The van der Waals surface area contributed by atoms with Crippen LogP contribution in [0, 0.1) is 20.8 Å². The van der Waals surface area contributed by atoms with Gasteiger partial charge in [-0.2, -0.15) is 0 Å². The van der Waals surface area contributed by atoms with Crippen LogP contribution in [0.15, 0.2) is 42.5 Å². The van der Waals surface area contributed by atoms with E-state index in [1.165, 1.54) is 27.9 Å². The highest BCUT2D eigenvalue weighted by Gasteiger charge is 1.99. The molecule has 0 aliphatic carbocycles. The van der Waals surface area contributed by atoms with Crippen molar-refractivity contribution >= 4 is 5.69 Å². The molecule has 0 atom stereocenters. The number of rotatable bonds is 4. The van der Waals surface area contributed by atoms with Crippen molar-refractivity contribution in [2.75, 3.05) is 11.9 Å². The van der Waals surface area contributed by atoms with Crippen LogP contribution in [-0.2, 0) is 6.42 Å². The minimum Gasteiger partial charge on any atom is -0.384 e. The first kappa shape index (κ1) is 12.7. The van der Waals surface area contributed by atoms with E-state index >= 15 is 0 Å². The van der Waals surface area contributed by atoms with Crippen LogP contribution >= 0.6 is 0 Å². The highest BCUT2D eigenvalue weighted by Crippen LogP contribution is 2.16. The van der Waals surface area contributed by atoms with Gasteiger partial charge in [0.15, 0.2) is 0 Å². The van der Waals surface area contributed by atoms with Crippen molar-refractivity contribution in [3.8, 4) is 0 Å². The van der Waals surface area contributed by atoms with E-state index in [1.54, 1.807) is 0 Å². The van der Waals surface area contributed by atoms with Gasteiger partial charge >= 0.3 is 0 Å². The molecule has 1 N–H and O–H groups in total. The normalized spacial score (nSPS) is 10.4. The molecule has 0 aromatic heterocycles. The van der Waals surface area contributed by atoms with Gasteiger partial charge in [0.05, 0.1) is 0 Å². The quantitative estimate of drug-likeness (QED) is 0.840. The van der Waals surface area contributed by atoms with Crippen LogP contribution in [0.4, 0.5) is 5.69 Å². The molecule has 0 aliphatic heterocycles.